The first kappa shape index (κ1) is 11.0. The highest BCUT2D eigenvalue weighted by molar-refractivity contribution is 6.33. The van der Waals surface area contributed by atoms with Gasteiger partial charge in [-0.2, -0.15) is 5.10 Å². The van der Waals surface area contributed by atoms with E-state index in [1.807, 2.05) is 13.8 Å². The van der Waals surface area contributed by atoms with Crippen LogP contribution in [0.3, 0.4) is 0 Å². The lowest BCUT2D eigenvalue weighted by molar-refractivity contribution is 0.0762. The number of carbonyl (C=O) groups excluding carboxylic acids is 1. The van der Waals surface area contributed by atoms with Gasteiger partial charge < -0.3 is 4.90 Å². The van der Waals surface area contributed by atoms with Crippen molar-refractivity contribution in [2.24, 2.45) is 7.05 Å². The Hall–Kier alpha value is -1.03. The van der Waals surface area contributed by atoms with E-state index in [1.165, 1.54) is 10.9 Å². The second-order valence-corrected chi connectivity index (χ2v) is 3.35. The Balaban J connectivity index is 2.99. The Morgan fingerprint density at radius 3 is 2.50 bits per heavy atom. The van der Waals surface area contributed by atoms with Crippen molar-refractivity contribution in [1.82, 2.24) is 14.7 Å². The van der Waals surface area contributed by atoms with E-state index >= 15 is 0 Å². The molecule has 5 heteroatoms. The Morgan fingerprint density at radius 1 is 1.57 bits per heavy atom. The van der Waals surface area contributed by atoms with Gasteiger partial charge in [0.25, 0.3) is 5.91 Å². The molecule has 0 spiro atoms. The van der Waals surface area contributed by atoms with E-state index < -0.39 is 0 Å². The van der Waals surface area contributed by atoms with E-state index in [0.29, 0.717) is 23.8 Å². The zero-order valence-electron chi connectivity index (χ0n) is 8.62. The van der Waals surface area contributed by atoms with Crippen molar-refractivity contribution < 1.29 is 4.79 Å². The van der Waals surface area contributed by atoms with Gasteiger partial charge in [-0.1, -0.05) is 11.6 Å². The van der Waals surface area contributed by atoms with Crippen molar-refractivity contribution in [3.8, 4) is 0 Å². The number of rotatable bonds is 3. The molecule has 0 saturated carbocycles. The number of carbonyl (C=O) groups is 1. The van der Waals surface area contributed by atoms with Crippen LogP contribution in [0.15, 0.2) is 6.20 Å². The highest BCUT2D eigenvalue weighted by Gasteiger charge is 2.19. The van der Waals surface area contributed by atoms with E-state index in [4.69, 9.17) is 11.6 Å². The fourth-order valence-electron chi connectivity index (χ4n) is 1.31. The van der Waals surface area contributed by atoms with Crippen LogP contribution in [0, 0.1) is 0 Å². The molecule has 0 radical (unpaired) electrons. The number of aromatic nitrogens is 2. The first-order chi connectivity index (χ1) is 6.61. The average molecular weight is 216 g/mol. The minimum Gasteiger partial charge on any atom is -0.338 e. The molecular formula is C9H14ClN3O. The Bertz CT molecular complexity index is 311. The predicted octanol–water partition coefficient (Wildman–Crippen LogP) is 1.56. The SMILES string of the molecule is CCN(CC)C(=O)c1c(Cl)cnn1C. The van der Waals surface area contributed by atoms with Crippen molar-refractivity contribution in [3.05, 3.63) is 16.9 Å². The molecule has 0 N–H and O–H groups in total. The van der Waals surface area contributed by atoms with Crippen LogP contribution in [0.25, 0.3) is 0 Å². The highest BCUT2D eigenvalue weighted by Crippen LogP contribution is 2.15. The molecule has 0 aliphatic carbocycles. The number of amides is 1. The molecule has 1 rings (SSSR count). The fraction of sp³-hybridized carbons (Fsp3) is 0.556. The molecule has 1 amide bonds. The van der Waals surface area contributed by atoms with Crippen LogP contribution in [-0.2, 0) is 7.05 Å². The topological polar surface area (TPSA) is 38.1 Å². The van der Waals surface area contributed by atoms with Gasteiger partial charge >= 0.3 is 0 Å². The van der Waals surface area contributed by atoms with Crippen molar-refractivity contribution in [3.63, 3.8) is 0 Å². The molecule has 1 aromatic rings. The summed E-state index contributed by atoms with van der Waals surface area (Å²) >= 11 is 5.87. The van der Waals surface area contributed by atoms with E-state index in [1.54, 1.807) is 11.9 Å². The first-order valence-corrected chi connectivity index (χ1v) is 4.96. The fourth-order valence-corrected chi connectivity index (χ4v) is 1.56. The number of halogens is 1. The van der Waals surface area contributed by atoms with Crippen molar-refractivity contribution >= 4 is 17.5 Å². The summed E-state index contributed by atoms with van der Waals surface area (Å²) in [6.07, 6.45) is 1.48. The monoisotopic (exact) mass is 215 g/mol. The second-order valence-electron chi connectivity index (χ2n) is 2.94. The standard InChI is InChI=1S/C9H14ClN3O/c1-4-13(5-2)9(14)8-7(10)6-11-12(8)3/h6H,4-5H2,1-3H3. The lowest BCUT2D eigenvalue weighted by Gasteiger charge is -2.18. The second kappa shape index (κ2) is 4.46. The summed E-state index contributed by atoms with van der Waals surface area (Å²) in [5.41, 5.74) is 0.454. The minimum absolute atomic E-state index is 0.0694. The summed E-state index contributed by atoms with van der Waals surface area (Å²) in [4.78, 5) is 13.6. The number of hydrogen-bond acceptors (Lipinski definition) is 2. The minimum atomic E-state index is -0.0694. The van der Waals surface area contributed by atoms with Gasteiger partial charge in [-0.3, -0.25) is 9.48 Å². The molecule has 78 valence electrons. The van der Waals surface area contributed by atoms with Gasteiger partial charge in [0.05, 0.1) is 11.2 Å². The molecule has 1 heterocycles. The maximum absolute atomic E-state index is 11.9. The molecule has 0 atom stereocenters. The van der Waals surface area contributed by atoms with Crippen LogP contribution in [0.5, 0.6) is 0 Å². The smallest absolute Gasteiger partial charge is 0.273 e. The third-order valence-corrected chi connectivity index (χ3v) is 2.42. The van der Waals surface area contributed by atoms with Crippen LogP contribution in [0.1, 0.15) is 24.3 Å². The molecule has 14 heavy (non-hydrogen) atoms. The zero-order chi connectivity index (χ0) is 10.7. The zero-order valence-corrected chi connectivity index (χ0v) is 9.38. The lowest BCUT2D eigenvalue weighted by Crippen LogP contribution is -2.32. The molecule has 4 nitrogen and oxygen atoms in total. The summed E-state index contributed by atoms with van der Waals surface area (Å²) in [5, 5.41) is 4.33. The first-order valence-electron chi connectivity index (χ1n) is 4.58. The summed E-state index contributed by atoms with van der Waals surface area (Å²) in [7, 11) is 1.71. The highest BCUT2D eigenvalue weighted by atomic mass is 35.5. The van der Waals surface area contributed by atoms with Crippen molar-refractivity contribution in [1.29, 1.82) is 0 Å². The van der Waals surface area contributed by atoms with Gasteiger partial charge in [0.2, 0.25) is 0 Å². The van der Waals surface area contributed by atoms with Gasteiger partial charge in [-0.25, -0.2) is 0 Å². The molecule has 0 saturated heterocycles. The summed E-state index contributed by atoms with van der Waals surface area (Å²) in [6, 6.07) is 0. The van der Waals surface area contributed by atoms with Gasteiger partial charge in [0.15, 0.2) is 0 Å². The molecule has 1 aromatic heterocycles. The third kappa shape index (κ3) is 1.90. The quantitative estimate of drug-likeness (QED) is 0.768. The largest absolute Gasteiger partial charge is 0.338 e. The third-order valence-electron chi connectivity index (χ3n) is 2.15. The Kier molecular flexibility index (Phi) is 3.52. The van der Waals surface area contributed by atoms with Gasteiger partial charge in [0, 0.05) is 20.1 Å². The van der Waals surface area contributed by atoms with Crippen molar-refractivity contribution in [2.75, 3.05) is 13.1 Å². The van der Waals surface area contributed by atoms with E-state index in [-0.39, 0.29) is 5.91 Å². The Labute approximate surface area is 88.5 Å². The summed E-state index contributed by atoms with van der Waals surface area (Å²) < 4.78 is 1.50. The average Bonchev–Trinajstić information content (AvgIpc) is 2.48. The van der Waals surface area contributed by atoms with Crippen LogP contribution >= 0.6 is 11.6 Å². The van der Waals surface area contributed by atoms with Gasteiger partial charge in [-0.15, -0.1) is 0 Å². The molecule has 0 unspecified atom stereocenters. The summed E-state index contributed by atoms with van der Waals surface area (Å²) in [5.74, 6) is -0.0694. The van der Waals surface area contributed by atoms with Crippen LogP contribution in [0.2, 0.25) is 5.02 Å². The maximum Gasteiger partial charge on any atom is 0.273 e. The van der Waals surface area contributed by atoms with Crippen LogP contribution in [0.4, 0.5) is 0 Å². The van der Waals surface area contributed by atoms with Gasteiger partial charge in [0.1, 0.15) is 5.69 Å². The number of aryl methyl sites for hydroxylation is 1. The number of hydrogen-bond donors (Lipinski definition) is 0. The molecule has 0 fully saturated rings. The maximum atomic E-state index is 11.9. The molecule has 0 aliphatic heterocycles. The lowest BCUT2D eigenvalue weighted by atomic mass is 10.3. The van der Waals surface area contributed by atoms with Crippen LogP contribution < -0.4 is 0 Å². The van der Waals surface area contributed by atoms with E-state index in [9.17, 15) is 4.79 Å². The molecule has 0 bridgehead atoms. The number of nitrogens with zero attached hydrogens (tertiary/aromatic N) is 3. The van der Waals surface area contributed by atoms with Crippen molar-refractivity contribution in [2.45, 2.75) is 13.8 Å². The van der Waals surface area contributed by atoms with E-state index in [2.05, 4.69) is 5.10 Å². The molecule has 0 aromatic carbocycles. The Morgan fingerprint density at radius 2 is 2.14 bits per heavy atom. The predicted molar refractivity (Wildman–Crippen MR) is 55.5 cm³/mol. The molecule has 0 aliphatic rings. The normalized spacial score (nSPS) is 10.3. The summed E-state index contributed by atoms with van der Waals surface area (Å²) in [6.45, 7) is 5.23. The van der Waals surface area contributed by atoms with Crippen LogP contribution in [-0.4, -0.2) is 33.7 Å². The van der Waals surface area contributed by atoms with E-state index in [0.717, 1.165) is 0 Å². The molecular weight excluding hydrogens is 202 g/mol. The van der Waals surface area contributed by atoms with Gasteiger partial charge in [-0.05, 0) is 13.8 Å².